The fraction of sp³-hybridized carbons (Fsp3) is 0.250. The van der Waals surface area contributed by atoms with Crippen LogP contribution >= 0.6 is 34.7 Å². The summed E-state index contributed by atoms with van der Waals surface area (Å²) in [4.78, 5) is 32.4. The number of fused-ring (bicyclic) bond motifs is 2. The summed E-state index contributed by atoms with van der Waals surface area (Å²) in [6.45, 7) is 2.40. The van der Waals surface area contributed by atoms with E-state index in [1.165, 1.54) is 23.1 Å². The summed E-state index contributed by atoms with van der Waals surface area (Å²) >= 11 is 9.17. The molecule has 2 aromatic carbocycles. The maximum atomic E-state index is 13.2. The minimum atomic E-state index is -0.507. The number of thiazole rings is 1. The molecule has 3 aromatic rings. The number of aromatic nitrogens is 1. The summed E-state index contributed by atoms with van der Waals surface area (Å²) in [5.41, 5.74) is 1.59. The Morgan fingerprint density at radius 3 is 2.86 bits per heavy atom. The molecule has 0 fully saturated rings. The number of amides is 1. The molecule has 1 aliphatic rings. The largest absolute Gasteiger partial charge is 0.466 e. The van der Waals surface area contributed by atoms with Gasteiger partial charge in [-0.2, -0.15) is 0 Å². The van der Waals surface area contributed by atoms with Crippen LogP contribution in [0.1, 0.15) is 18.4 Å². The summed E-state index contributed by atoms with van der Waals surface area (Å²) in [7, 11) is 0. The van der Waals surface area contributed by atoms with Crippen LogP contribution in [-0.4, -0.2) is 28.7 Å². The van der Waals surface area contributed by atoms with Crippen LogP contribution < -0.4 is 4.90 Å². The summed E-state index contributed by atoms with van der Waals surface area (Å²) in [6, 6.07) is 13.4. The van der Waals surface area contributed by atoms with E-state index >= 15 is 0 Å². The lowest BCUT2D eigenvalue weighted by molar-refractivity contribution is -0.144. The van der Waals surface area contributed by atoms with Crippen molar-refractivity contribution in [3.63, 3.8) is 0 Å². The Morgan fingerprint density at radius 1 is 1.25 bits per heavy atom. The van der Waals surface area contributed by atoms with Crippen molar-refractivity contribution in [3.05, 3.63) is 52.5 Å². The SMILES string of the molecule is CCOC(=O)CC1Sc2ccccc2N(Cc2nc3c(Cl)cccc3s2)C1=O. The molecule has 1 aliphatic heterocycles. The lowest BCUT2D eigenvalue weighted by Gasteiger charge is -2.32. The molecule has 0 spiro atoms. The second-order valence-corrected chi connectivity index (χ2v) is 8.97. The Balaban J connectivity index is 1.66. The number of carbonyl (C=O) groups excluding carboxylic acids is 2. The van der Waals surface area contributed by atoms with E-state index < -0.39 is 5.25 Å². The Kier molecular flexibility index (Phi) is 5.57. The average Bonchev–Trinajstić information content (AvgIpc) is 3.09. The van der Waals surface area contributed by atoms with Crippen molar-refractivity contribution in [2.75, 3.05) is 11.5 Å². The van der Waals surface area contributed by atoms with E-state index in [0.717, 1.165) is 25.8 Å². The van der Waals surface area contributed by atoms with Crippen LogP contribution in [0.25, 0.3) is 10.2 Å². The van der Waals surface area contributed by atoms with Crippen LogP contribution in [0.4, 0.5) is 5.69 Å². The maximum Gasteiger partial charge on any atom is 0.307 e. The predicted octanol–water partition coefficient (Wildman–Crippen LogP) is 4.91. The molecule has 4 rings (SSSR count). The summed E-state index contributed by atoms with van der Waals surface area (Å²) in [5, 5.41) is 0.890. The number of para-hydroxylation sites is 2. The van der Waals surface area contributed by atoms with Crippen molar-refractivity contribution in [3.8, 4) is 0 Å². The molecule has 0 bridgehead atoms. The number of hydrogen-bond donors (Lipinski definition) is 0. The maximum absolute atomic E-state index is 13.2. The van der Waals surface area contributed by atoms with Crippen LogP contribution in [0.15, 0.2) is 47.4 Å². The van der Waals surface area contributed by atoms with E-state index in [4.69, 9.17) is 16.3 Å². The third-order valence-electron chi connectivity index (χ3n) is 4.33. The molecule has 1 unspecified atom stereocenters. The van der Waals surface area contributed by atoms with E-state index in [1.54, 1.807) is 17.9 Å². The zero-order valence-corrected chi connectivity index (χ0v) is 17.4. The number of benzene rings is 2. The minimum absolute atomic E-state index is 0.0495. The lowest BCUT2D eigenvalue weighted by atomic mass is 10.2. The fourth-order valence-electron chi connectivity index (χ4n) is 3.10. The molecular weight excluding hydrogens is 416 g/mol. The highest BCUT2D eigenvalue weighted by atomic mass is 35.5. The molecule has 1 aromatic heterocycles. The predicted molar refractivity (Wildman–Crippen MR) is 113 cm³/mol. The molecule has 0 N–H and O–H groups in total. The van der Waals surface area contributed by atoms with E-state index in [0.29, 0.717) is 18.2 Å². The van der Waals surface area contributed by atoms with E-state index in [2.05, 4.69) is 4.98 Å². The molecule has 0 saturated heterocycles. The first-order valence-electron chi connectivity index (χ1n) is 8.83. The van der Waals surface area contributed by atoms with Gasteiger partial charge in [-0.25, -0.2) is 4.98 Å². The molecule has 0 radical (unpaired) electrons. The quantitative estimate of drug-likeness (QED) is 0.536. The van der Waals surface area contributed by atoms with Crippen molar-refractivity contribution in [2.24, 2.45) is 0 Å². The number of thioether (sulfide) groups is 1. The Bertz CT molecular complexity index is 1050. The first-order valence-corrected chi connectivity index (χ1v) is 10.9. The van der Waals surface area contributed by atoms with Gasteiger partial charge in [-0.05, 0) is 31.2 Å². The van der Waals surface area contributed by atoms with Gasteiger partial charge in [-0.1, -0.05) is 29.8 Å². The van der Waals surface area contributed by atoms with Gasteiger partial charge in [0.15, 0.2) is 0 Å². The molecule has 2 heterocycles. The van der Waals surface area contributed by atoms with Crippen molar-refractivity contribution in [2.45, 2.75) is 30.0 Å². The Morgan fingerprint density at radius 2 is 2.07 bits per heavy atom. The van der Waals surface area contributed by atoms with Gasteiger partial charge in [0.25, 0.3) is 0 Å². The molecule has 0 saturated carbocycles. The van der Waals surface area contributed by atoms with Crippen LogP contribution in [-0.2, 0) is 20.9 Å². The molecule has 144 valence electrons. The third-order valence-corrected chi connectivity index (χ3v) is 6.89. The Labute approximate surface area is 175 Å². The molecule has 28 heavy (non-hydrogen) atoms. The fourth-order valence-corrected chi connectivity index (χ4v) is 5.57. The second kappa shape index (κ2) is 8.11. The standard InChI is InChI=1S/C20H17ClN2O3S2/c1-2-26-18(24)10-16-20(25)23(13-7-3-4-8-14(13)27-16)11-17-22-19-12(21)6-5-9-15(19)28-17/h3-9,16H,2,10-11H2,1H3. The van der Waals surface area contributed by atoms with E-state index in [1.807, 2.05) is 36.4 Å². The monoisotopic (exact) mass is 432 g/mol. The van der Waals surface area contributed by atoms with Gasteiger partial charge in [0, 0.05) is 4.90 Å². The van der Waals surface area contributed by atoms with Gasteiger partial charge in [0.2, 0.25) is 5.91 Å². The number of anilines is 1. The number of esters is 1. The van der Waals surface area contributed by atoms with Crippen molar-refractivity contribution in [1.29, 1.82) is 0 Å². The van der Waals surface area contributed by atoms with Gasteiger partial charge >= 0.3 is 5.97 Å². The molecule has 5 nitrogen and oxygen atoms in total. The van der Waals surface area contributed by atoms with Gasteiger partial charge in [0.1, 0.15) is 10.5 Å². The number of hydrogen-bond acceptors (Lipinski definition) is 6. The van der Waals surface area contributed by atoms with Gasteiger partial charge in [-0.3, -0.25) is 9.59 Å². The smallest absolute Gasteiger partial charge is 0.307 e. The number of rotatable bonds is 5. The van der Waals surface area contributed by atoms with Crippen LogP contribution in [0.2, 0.25) is 5.02 Å². The van der Waals surface area contributed by atoms with Gasteiger partial charge in [-0.15, -0.1) is 23.1 Å². The highest BCUT2D eigenvalue weighted by molar-refractivity contribution is 8.01. The topological polar surface area (TPSA) is 59.5 Å². The zero-order valence-electron chi connectivity index (χ0n) is 15.1. The summed E-state index contributed by atoms with van der Waals surface area (Å²) in [6.07, 6.45) is 0.0495. The highest BCUT2D eigenvalue weighted by Crippen LogP contribution is 2.41. The molecule has 8 heteroatoms. The molecule has 1 atom stereocenters. The molecular formula is C20H17ClN2O3S2. The van der Waals surface area contributed by atoms with Gasteiger partial charge < -0.3 is 9.64 Å². The zero-order chi connectivity index (χ0) is 19.7. The lowest BCUT2D eigenvalue weighted by Crippen LogP contribution is -2.41. The van der Waals surface area contributed by atoms with Crippen LogP contribution in [0.5, 0.6) is 0 Å². The summed E-state index contributed by atoms with van der Waals surface area (Å²) in [5.74, 6) is -0.471. The second-order valence-electron chi connectivity index (χ2n) is 6.20. The number of carbonyl (C=O) groups is 2. The van der Waals surface area contributed by atoms with Crippen molar-refractivity contribution < 1.29 is 14.3 Å². The van der Waals surface area contributed by atoms with E-state index in [-0.39, 0.29) is 18.3 Å². The van der Waals surface area contributed by atoms with Crippen molar-refractivity contribution >= 4 is 62.5 Å². The first-order chi connectivity index (χ1) is 13.6. The molecule has 0 aliphatic carbocycles. The number of ether oxygens (including phenoxy) is 1. The normalized spacial score (nSPS) is 16.3. The number of halogens is 1. The third kappa shape index (κ3) is 3.74. The average molecular weight is 433 g/mol. The van der Waals surface area contributed by atoms with E-state index in [9.17, 15) is 9.59 Å². The van der Waals surface area contributed by atoms with Crippen molar-refractivity contribution in [1.82, 2.24) is 4.98 Å². The van der Waals surface area contributed by atoms with Crippen LogP contribution in [0.3, 0.4) is 0 Å². The number of nitrogens with zero attached hydrogens (tertiary/aromatic N) is 2. The van der Waals surface area contributed by atoms with Gasteiger partial charge in [0.05, 0.1) is 40.2 Å². The Hall–Kier alpha value is -2.09. The summed E-state index contributed by atoms with van der Waals surface area (Å²) < 4.78 is 6.02. The molecule has 1 amide bonds. The highest BCUT2D eigenvalue weighted by Gasteiger charge is 2.35. The first kappa shape index (κ1) is 19.2. The minimum Gasteiger partial charge on any atom is -0.466 e. The van der Waals surface area contributed by atoms with Crippen LogP contribution in [0, 0.1) is 0 Å².